The summed E-state index contributed by atoms with van der Waals surface area (Å²) >= 11 is 7.91. The lowest BCUT2D eigenvalue weighted by atomic mass is 10.1. The van der Waals surface area contributed by atoms with Gasteiger partial charge in [-0.15, -0.1) is 11.3 Å². The maximum absolute atomic E-state index is 8.98. The van der Waals surface area contributed by atoms with Gasteiger partial charge in [-0.2, -0.15) is 5.26 Å². The molecule has 1 heterocycles. The van der Waals surface area contributed by atoms with Crippen LogP contribution in [0.2, 0.25) is 0 Å². The van der Waals surface area contributed by atoms with Gasteiger partial charge >= 0.3 is 0 Å². The van der Waals surface area contributed by atoms with Crippen LogP contribution < -0.4 is 0 Å². The molecule has 0 atom stereocenters. The van der Waals surface area contributed by atoms with Crippen molar-refractivity contribution in [3.63, 3.8) is 0 Å². The first-order chi connectivity index (χ1) is 7.77. The third kappa shape index (κ3) is 1.84. The van der Waals surface area contributed by atoms with Crippen LogP contribution in [0.1, 0.15) is 18.9 Å². The van der Waals surface area contributed by atoms with Crippen LogP contribution in [0.4, 0.5) is 0 Å². The van der Waals surface area contributed by atoms with E-state index in [0.717, 1.165) is 10.9 Å². The topological polar surface area (TPSA) is 23.8 Å². The molecule has 0 amide bonds. The van der Waals surface area contributed by atoms with Crippen LogP contribution in [0.25, 0.3) is 15.1 Å². The molecular formula is C13H10ClNS. The molecule has 0 saturated heterocycles. The molecule has 3 heteroatoms. The van der Waals surface area contributed by atoms with Gasteiger partial charge in [0.25, 0.3) is 0 Å². The molecule has 0 N–H and O–H groups in total. The maximum Gasteiger partial charge on any atom is 0.0962 e. The highest BCUT2D eigenvalue weighted by Crippen LogP contribution is 2.34. The average molecular weight is 248 g/mol. The number of nitriles is 1. The summed E-state index contributed by atoms with van der Waals surface area (Å²) in [6, 6.07) is 10.2. The molecule has 2 rings (SSSR count). The number of hydrogen-bond acceptors (Lipinski definition) is 2. The van der Waals surface area contributed by atoms with Gasteiger partial charge in [0.1, 0.15) is 0 Å². The lowest BCUT2D eigenvalue weighted by Gasteiger charge is -2.00. The zero-order valence-corrected chi connectivity index (χ0v) is 10.4. The SMILES string of the molecule is CCC(C#N)=C(Cl)c1csc2ccccc12. The van der Waals surface area contributed by atoms with E-state index in [-0.39, 0.29) is 0 Å². The normalized spacial score (nSPS) is 12.3. The van der Waals surface area contributed by atoms with E-state index in [9.17, 15) is 0 Å². The molecule has 0 saturated carbocycles. The molecule has 16 heavy (non-hydrogen) atoms. The van der Waals surface area contributed by atoms with Crippen LogP contribution in [-0.4, -0.2) is 0 Å². The highest BCUT2D eigenvalue weighted by Gasteiger charge is 2.10. The van der Waals surface area contributed by atoms with Crippen LogP contribution in [0.5, 0.6) is 0 Å². The standard InChI is InChI=1S/C13H10ClNS/c1-2-9(7-15)13(14)11-8-16-12-6-4-3-5-10(11)12/h3-6,8H,2H2,1H3. The van der Waals surface area contributed by atoms with Gasteiger partial charge in [0.15, 0.2) is 0 Å². The number of halogens is 1. The largest absolute Gasteiger partial charge is 0.193 e. The van der Waals surface area contributed by atoms with Gasteiger partial charge in [-0.3, -0.25) is 0 Å². The van der Waals surface area contributed by atoms with Gasteiger partial charge in [-0.05, 0) is 12.5 Å². The third-order valence-electron chi connectivity index (χ3n) is 2.47. The van der Waals surface area contributed by atoms with E-state index in [1.54, 1.807) is 11.3 Å². The second-order valence-corrected chi connectivity index (χ2v) is 4.69. The van der Waals surface area contributed by atoms with Crippen molar-refractivity contribution in [1.29, 1.82) is 5.26 Å². The Kier molecular flexibility index (Phi) is 3.28. The van der Waals surface area contributed by atoms with Gasteiger partial charge in [0, 0.05) is 26.6 Å². The monoisotopic (exact) mass is 247 g/mol. The van der Waals surface area contributed by atoms with E-state index in [2.05, 4.69) is 12.1 Å². The summed E-state index contributed by atoms with van der Waals surface area (Å²) in [6.45, 7) is 1.94. The van der Waals surface area contributed by atoms with Crippen LogP contribution in [0.3, 0.4) is 0 Å². The molecule has 0 aliphatic rings. The minimum atomic E-state index is 0.586. The van der Waals surface area contributed by atoms with E-state index >= 15 is 0 Å². The van der Waals surface area contributed by atoms with Crippen LogP contribution >= 0.6 is 22.9 Å². The molecule has 2 aromatic rings. The smallest absolute Gasteiger partial charge is 0.0962 e. The second kappa shape index (κ2) is 4.69. The second-order valence-electron chi connectivity index (χ2n) is 3.40. The Morgan fingerprint density at radius 1 is 1.44 bits per heavy atom. The molecule has 0 spiro atoms. The number of benzene rings is 1. The summed E-state index contributed by atoms with van der Waals surface area (Å²) in [7, 11) is 0. The first kappa shape index (κ1) is 11.2. The Bertz CT molecular complexity index is 589. The summed E-state index contributed by atoms with van der Waals surface area (Å²) < 4.78 is 1.20. The minimum Gasteiger partial charge on any atom is -0.193 e. The zero-order chi connectivity index (χ0) is 11.5. The lowest BCUT2D eigenvalue weighted by Crippen LogP contribution is -1.81. The maximum atomic E-state index is 8.98. The first-order valence-electron chi connectivity index (χ1n) is 5.03. The number of thiophene rings is 1. The van der Waals surface area contributed by atoms with E-state index in [0.29, 0.717) is 17.0 Å². The minimum absolute atomic E-state index is 0.586. The Balaban J connectivity index is 2.65. The molecule has 0 unspecified atom stereocenters. The molecule has 0 bridgehead atoms. The highest BCUT2D eigenvalue weighted by atomic mass is 35.5. The van der Waals surface area contributed by atoms with Gasteiger partial charge < -0.3 is 0 Å². The van der Waals surface area contributed by atoms with Gasteiger partial charge in [-0.1, -0.05) is 36.7 Å². The van der Waals surface area contributed by atoms with Crippen LogP contribution in [0.15, 0.2) is 35.2 Å². The van der Waals surface area contributed by atoms with Crippen LogP contribution in [0, 0.1) is 11.3 Å². The predicted octanol–water partition coefficient (Wildman–Crippen LogP) is 4.78. The third-order valence-corrected chi connectivity index (χ3v) is 3.87. The quantitative estimate of drug-likeness (QED) is 0.701. The zero-order valence-electron chi connectivity index (χ0n) is 8.83. The molecule has 0 aliphatic heterocycles. The molecule has 0 radical (unpaired) electrons. The van der Waals surface area contributed by atoms with Gasteiger partial charge in [0.05, 0.1) is 11.1 Å². The van der Waals surface area contributed by atoms with Crippen LogP contribution in [-0.2, 0) is 0 Å². The van der Waals surface area contributed by atoms with E-state index in [4.69, 9.17) is 16.9 Å². The fourth-order valence-electron chi connectivity index (χ4n) is 1.59. The Morgan fingerprint density at radius 3 is 2.88 bits per heavy atom. The average Bonchev–Trinajstić information content (AvgIpc) is 2.74. The fourth-order valence-corrected chi connectivity index (χ4v) is 2.94. The number of fused-ring (bicyclic) bond motifs is 1. The van der Waals surface area contributed by atoms with Gasteiger partial charge in [-0.25, -0.2) is 0 Å². The van der Waals surface area contributed by atoms with Crippen molar-refractivity contribution in [1.82, 2.24) is 0 Å². The van der Waals surface area contributed by atoms with Crippen molar-refractivity contribution in [3.05, 3.63) is 40.8 Å². The van der Waals surface area contributed by atoms with Crippen molar-refractivity contribution >= 4 is 38.1 Å². The molecule has 0 fully saturated rings. The number of allylic oxidation sites excluding steroid dienone is 1. The fraction of sp³-hybridized carbons (Fsp3) is 0.154. The lowest BCUT2D eigenvalue weighted by molar-refractivity contribution is 1.16. The van der Waals surface area contributed by atoms with Crippen molar-refractivity contribution in [2.24, 2.45) is 0 Å². The number of nitrogens with zero attached hydrogens (tertiary/aromatic N) is 1. The first-order valence-corrected chi connectivity index (χ1v) is 6.29. The Hall–Kier alpha value is -1.30. The molecule has 0 aliphatic carbocycles. The van der Waals surface area contributed by atoms with Crippen molar-refractivity contribution in [2.45, 2.75) is 13.3 Å². The summed E-state index contributed by atoms with van der Waals surface area (Å²) in [5.41, 5.74) is 1.62. The molecular weight excluding hydrogens is 238 g/mol. The molecule has 1 aromatic heterocycles. The summed E-state index contributed by atoms with van der Waals surface area (Å²) in [6.07, 6.45) is 0.666. The van der Waals surface area contributed by atoms with E-state index in [1.807, 2.05) is 30.5 Å². The predicted molar refractivity (Wildman–Crippen MR) is 70.5 cm³/mol. The molecule has 1 aromatic carbocycles. The van der Waals surface area contributed by atoms with Crippen molar-refractivity contribution in [2.75, 3.05) is 0 Å². The number of rotatable bonds is 2. The van der Waals surface area contributed by atoms with Crippen molar-refractivity contribution < 1.29 is 0 Å². The Labute approximate surface area is 104 Å². The molecule has 1 nitrogen and oxygen atoms in total. The van der Waals surface area contributed by atoms with Gasteiger partial charge in [0.2, 0.25) is 0 Å². The highest BCUT2D eigenvalue weighted by molar-refractivity contribution is 7.17. The Morgan fingerprint density at radius 2 is 2.19 bits per heavy atom. The summed E-state index contributed by atoms with van der Waals surface area (Å²) in [5, 5.41) is 12.7. The van der Waals surface area contributed by atoms with E-state index in [1.165, 1.54) is 4.70 Å². The molecule has 80 valence electrons. The number of hydrogen-bond donors (Lipinski definition) is 0. The van der Waals surface area contributed by atoms with Crippen molar-refractivity contribution in [3.8, 4) is 6.07 Å². The summed E-state index contributed by atoms with van der Waals surface area (Å²) in [5.74, 6) is 0. The summed E-state index contributed by atoms with van der Waals surface area (Å²) in [4.78, 5) is 0. The van der Waals surface area contributed by atoms with E-state index < -0.39 is 0 Å².